The van der Waals surface area contributed by atoms with Crippen LogP contribution in [0.4, 0.5) is 0 Å². The Kier molecular flexibility index (Phi) is 5.49. The van der Waals surface area contributed by atoms with Gasteiger partial charge in [-0.15, -0.1) is 0 Å². The summed E-state index contributed by atoms with van der Waals surface area (Å²) in [6.45, 7) is 4.07. The van der Waals surface area contributed by atoms with Crippen LogP contribution in [0, 0.1) is 5.92 Å². The molecule has 28 heavy (non-hydrogen) atoms. The van der Waals surface area contributed by atoms with Crippen LogP contribution in [0.2, 0.25) is 0 Å². The number of aromatic nitrogens is 4. The molecule has 3 aromatic rings. The second-order valence-electron chi connectivity index (χ2n) is 6.82. The smallest absolute Gasteiger partial charge is 0.268 e. The lowest BCUT2D eigenvalue weighted by molar-refractivity contribution is 0.0921. The first-order valence-corrected chi connectivity index (χ1v) is 8.87. The van der Waals surface area contributed by atoms with Crippen LogP contribution >= 0.6 is 0 Å². The number of imidazole rings is 1. The van der Waals surface area contributed by atoms with E-state index in [9.17, 15) is 9.59 Å². The fourth-order valence-electron chi connectivity index (χ4n) is 2.85. The molecular weight excluding hydrogens is 356 g/mol. The SMILES string of the molecule is CC(C)[C@@H](NC(=O)c1ccc(-c2cncc(C(N)=O)n2)cc1)c1nccn1C. The quantitative estimate of drug-likeness (QED) is 0.681. The number of hydrogen-bond acceptors (Lipinski definition) is 5. The molecule has 0 bridgehead atoms. The molecule has 8 nitrogen and oxygen atoms in total. The molecule has 0 fully saturated rings. The van der Waals surface area contributed by atoms with Gasteiger partial charge in [0.1, 0.15) is 11.5 Å². The van der Waals surface area contributed by atoms with E-state index < -0.39 is 5.91 Å². The standard InChI is InChI=1S/C20H22N6O2/c1-12(2)17(19-23-8-9-26(19)3)25-20(28)14-6-4-13(5-7-14)15-10-22-11-16(24-15)18(21)27/h4-12,17H,1-3H3,(H2,21,27)(H,25,28)/t17-/m1/s1. The number of amides is 2. The third-order valence-corrected chi connectivity index (χ3v) is 4.42. The molecule has 2 amide bonds. The second-order valence-corrected chi connectivity index (χ2v) is 6.82. The molecule has 0 aliphatic rings. The van der Waals surface area contributed by atoms with E-state index in [1.807, 2.05) is 31.7 Å². The Labute approximate surface area is 162 Å². The van der Waals surface area contributed by atoms with Crippen LogP contribution in [-0.4, -0.2) is 31.3 Å². The molecular formula is C20H22N6O2. The fourth-order valence-corrected chi connectivity index (χ4v) is 2.85. The summed E-state index contributed by atoms with van der Waals surface area (Å²) in [5.74, 6) is 0.152. The summed E-state index contributed by atoms with van der Waals surface area (Å²) in [4.78, 5) is 36.5. The molecule has 1 aromatic carbocycles. The number of nitrogens with one attached hydrogen (secondary N) is 1. The highest BCUT2D eigenvalue weighted by Crippen LogP contribution is 2.21. The average Bonchev–Trinajstić information content (AvgIpc) is 3.11. The Morgan fingerprint density at radius 3 is 2.43 bits per heavy atom. The number of primary amides is 1. The van der Waals surface area contributed by atoms with Crippen molar-refractivity contribution in [1.82, 2.24) is 24.8 Å². The van der Waals surface area contributed by atoms with Crippen LogP contribution < -0.4 is 11.1 Å². The zero-order chi connectivity index (χ0) is 20.3. The first kappa shape index (κ1) is 19.2. The minimum absolute atomic E-state index is 0.0918. The molecule has 3 rings (SSSR count). The lowest BCUT2D eigenvalue weighted by atomic mass is 10.0. The second kappa shape index (κ2) is 7.99. The highest BCUT2D eigenvalue weighted by Gasteiger charge is 2.22. The highest BCUT2D eigenvalue weighted by molar-refractivity contribution is 5.95. The molecule has 0 saturated carbocycles. The molecule has 8 heteroatoms. The summed E-state index contributed by atoms with van der Waals surface area (Å²) < 4.78 is 1.90. The van der Waals surface area contributed by atoms with E-state index in [1.165, 1.54) is 12.4 Å². The van der Waals surface area contributed by atoms with Crippen molar-refractivity contribution in [2.24, 2.45) is 18.7 Å². The van der Waals surface area contributed by atoms with Crippen LogP contribution in [0.3, 0.4) is 0 Å². The predicted octanol–water partition coefficient (Wildman–Crippen LogP) is 2.10. The van der Waals surface area contributed by atoms with E-state index in [0.29, 0.717) is 11.3 Å². The zero-order valence-electron chi connectivity index (χ0n) is 16.0. The van der Waals surface area contributed by atoms with Crippen LogP contribution in [0.5, 0.6) is 0 Å². The largest absolute Gasteiger partial charge is 0.364 e. The van der Waals surface area contributed by atoms with Gasteiger partial charge in [0.05, 0.1) is 24.1 Å². The third-order valence-electron chi connectivity index (χ3n) is 4.42. The summed E-state index contributed by atoms with van der Waals surface area (Å²) in [6.07, 6.45) is 6.43. The van der Waals surface area contributed by atoms with E-state index in [2.05, 4.69) is 20.3 Å². The first-order valence-electron chi connectivity index (χ1n) is 8.87. The molecule has 2 heterocycles. The van der Waals surface area contributed by atoms with Gasteiger partial charge < -0.3 is 15.6 Å². The number of carbonyl (C=O) groups excluding carboxylic acids is 2. The summed E-state index contributed by atoms with van der Waals surface area (Å²) >= 11 is 0. The maximum atomic E-state index is 12.7. The minimum atomic E-state index is -0.639. The molecule has 2 aromatic heterocycles. The number of carbonyl (C=O) groups is 2. The lowest BCUT2D eigenvalue weighted by Gasteiger charge is -2.22. The molecule has 0 aliphatic heterocycles. The number of nitrogens with zero attached hydrogens (tertiary/aromatic N) is 4. The van der Waals surface area contributed by atoms with E-state index in [1.54, 1.807) is 30.5 Å². The van der Waals surface area contributed by atoms with E-state index in [-0.39, 0.29) is 23.6 Å². The molecule has 0 spiro atoms. The molecule has 0 radical (unpaired) electrons. The average molecular weight is 378 g/mol. The van der Waals surface area contributed by atoms with Gasteiger partial charge in [-0.2, -0.15) is 0 Å². The van der Waals surface area contributed by atoms with E-state index >= 15 is 0 Å². The molecule has 0 aliphatic carbocycles. The van der Waals surface area contributed by atoms with Crippen molar-refractivity contribution in [3.8, 4) is 11.3 Å². The van der Waals surface area contributed by atoms with Crippen LogP contribution in [0.15, 0.2) is 49.1 Å². The minimum Gasteiger partial charge on any atom is -0.364 e. The van der Waals surface area contributed by atoms with Gasteiger partial charge in [-0.1, -0.05) is 26.0 Å². The van der Waals surface area contributed by atoms with Gasteiger partial charge >= 0.3 is 0 Å². The maximum Gasteiger partial charge on any atom is 0.268 e. The summed E-state index contributed by atoms with van der Waals surface area (Å²) in [5, 5.41) is 3.05. The first-order chi connectivity index (χ1) is 13.4. The number of rotatable bonds is 6. The Morgan fingerprint density at radius 1 is 1.14 bits per heavy atom. The highest BCUT2D eigenvalue weighted by atomic mass is 16.2. The maximum absolute atomic E-state index is 12.7. The van der Waals surface area contributed by atoms with Crippen LogP contribution in [0.25, 0.3) is 11.3 Å². The topological polar surface area (TPSA) is 116 Å². The summed E-state index contributed by atoms with van der Waals surface area (Å²) in [7, 11) is 1.90. The van der Waals surface area contributed by atoms with Crippen molar-refractivity contribution in [2.75, 3.05) is 0 Å². The Hall–Kier alpha value is -3.55. The number of aryl methyl sites for hydroxylation is 1. The van der Waals surface area contributed by atoms with Crippen molar-refractivity contribution < 1.29 is 9.59 Å². The lowest BCUT2D eigenvalue weighted by Crippen LogP contribution is -2.33. The van der Waals surface area contributed by atoms with Gasteiger partial charge in [0, 0.05) is 30.6 Å². The molecule has 0 saturated heterocycles. The normalized spacial score (nSPS) is 12.0. The Balaban J connectivity index is 1.79. The Bertz CT molecular complexity index is 994. The van der Waals surface area contributed by atoms with Crippen molar-refractivity contribution in [3.05, 3.63) is 66.1 Å². The molecule has 0 unspecified atom stereocenters. The monoisotopic (exact) mass is 378 g/mol. The van der Waals surface area contributed by atoms with Gasteiger partial charge in [-0.05, 0) is 18.1 Å². The molecule has 144 valence electrons. The van der Waals surface area contributed by atoms with Crippen LogP contribution in [0.1, 0.15) is 46.6 Å². The van der Waals surface area contributed by atoms with Crippen molar-refractivity contribution in [2.45, 2.75) is 19.9 Å². The van der Waals surface area contributed by atoms with Gasteiger partial charge in [-0.25, -0.2) is 9.97 Å². The van der Waals surface area contributed by atoms with Gasteiger partial charge in [-0.3, -0.25) is 14.6 Å². The molecule has 3 N–H and O–H groups in total. The van der Waals surface area contributed by atoms with E-state index in [4.69, 9.17) is 5.73 Å². The summed E-state index contributed by atoms with van der Waals surface area (Å²) in [5.41, 5.74) is 7.10. The Morgan fingerprint density at radius 2 is 1.86 bits per heavy atom. The zero-order valence-corrected chi connectivity index (χ0v) is 16.0. The van der Waals surface area contributed by atoms with Crippen LogP contribution in [-0.2, 0) is 7.05 Å². The number of benzene rings is 1. The van der Waals surface area contributed by atoms with Crippen molar-refractivity contribution in [1.29, 1.82) is 0 Å². The predicted molar refractivity (Wildman–Crippen MR) is 104 cm³/mol. The van der Waals surface area contributed by atoms with Gasteiger partial charge in [0.2, 0.25) is 0 Å². The third kappa shape index (κ3) is 4.06. The molecule has 1 atom stereocenters. The van der Waals surface area contributed by atoms with E-state index in [0.717, 1.165) is 11.4 Å². The number of nitrogens with two attached hydrogens (primary N) is 1. The van der Waals surface area contributed by atoms with Gasteiger partial charge in [0.25, 0.3) is 11.8 Å². The van der Waals surface area contributed by atoms with Crippen molar-refractivity contribution >= 4 is 11.8 Å². The fraction of sp³-hybridized carbons (Fsp3) is 0.250. The summed E-state index contributed by atoms with van der Waals surface area (Å²) in [6, 6.07) is 6.73. The van der Waals surface area contributed by atoms with Gasteiger partial charge in [0.15, 0.2) is 0 Å². The number of hydrogen-bond donors (Lipinski definition) is 2. The van der Waals surface area contributed by atoms with Crippen molar-refractivity contribution in [3.63, 3.8) is 0 Å².